The molecule has 1 atom stereocenters. The van der Waals surface area contributed by atoms with Gasteiger partial charge in [-0.15, -0.1) is 11.3 Å². The molecule has 1 aromatic carbocycles. The van der Waals surface area contributed by atoms with Crippen molar-refractivity contribution < 1.29 is 4.42 Å². The minimum Gasteiger partial charge on any atom is -0.468 e. The van der Waals surface area contributed by atoms with Gasteiger partial charge in [-0.25, -0.2) is 0 Å². The highest BCUT2D eigenvalue weighted by Crippen LogP contribution is 2.35. The monoisotopic (exact) mass is 291 g/mol. The van der Waals surface area contributed by atoms with E-state index < -0.39 is 0 Å². The van der Waals surface area contributed by atoms with E-state index in [1.54, 1.807) is 17.6 Å². The topological polar surface area (TPSA) is 25.2 Å². The van der Waals surface area contributed by atoms with Gasteiger partial charge < -0.3 is 9.73 Å². The third kappa shape index (κ3) is 2.54. The van der Waals surface area contributed by atoms with Gasteiger partial charge in [-0.05, 0) is 25.1 Å². The molecule has 1 N–H and O–H groups in total. The number of hydrogen-bond acceptors (Lipinski definition) is 3. The second-order valence-corrected chi connectivity index (χ2v) is 5.97. The standard InChI is InChI=1S/C15H14ClNOS/c1-10(12-6-4-8-18-12)17-9-14-15(16)11-5-2-3-7-13(11)19-14/h2-8,10,17H,9H2,1H3/t10-/m1/s1. The van der Waals surface area contributed by atoms with Gasteiger partial charge in [0, 0.05) is 21.5 Å². The predicted octanol–water partition coefficient (Wildman–Crippen LogP) is 5.00. The minimum absolute atomic E-state index is 0.177. The van der Waals surface area contributed by atoms with Crippen LogP contribution in [0.25, 0.3) is 10.1 Å². The zero-order valence-electron chi connectivity index (χ0n) is 10.5. The fourth-order valence-corrected chi connectivity index (χ4v) is 3.51. The molecule has 0 saturated carbocycles. The Balaban J connectivity index is 1.77. The van der Waals surface area contributed by atoms with E-state index in [-0.39, 0.29) is 6.04 Å². The van der Waals surface area contributed by atoms with Crippen molar-refractivity contribution in [1.82, 2.24) is 5.32 Å². The van der Waals surface area contributed by atoms with E-state index in [1.165, 1.54) is 9.58 Å². The summed E-state index contributed by atoms with van der Waals surface area (Å²) >= 11 is 8.15. The second-order valence-electron chi connectivity index (χ2n) is 4.45. The Kier molecular flexibility index (Phi) is 3.60. The van der Waals surface area contributed by atoms with E-state index in [9.17, 15) is 0 Å². The highest BCUT2D eigenvalue weighted by molar-refractivity contribution is 7.19. The molecule has 0 amide bonds. The lowest BCUT2D eigenvalue weighted by Gasteiger charge is -2.10. The number of furan rings is 1. The predicted molar refractivity (Wildman–Crippen MR) is 80.8 cm³/mol. The summed E-state index contributed by atoms with van der Waals surface area (Å²) in [6.07, 6.45) is 1.69. The molecule has 3 rings (SSSR count). The van der Waals surface area contributed by atoms with Crippen molar-refractivity contribution in [2.24, 2.45) is 0 Å². The lowest BCUT2D eigenvalue weighted by atomic mass is 10.2. The number of rotatable bonds is 4. The average molecular weight is 292 g/mol. The summed E-state index contributed by atoms with van der Waals surface area (Å²) in [6, 6.07) is 12.3. The van der Waals surface area contributed by atoms with Crippen LogP contribution in [0.4, 0.5) is 0 Å². The van der Waals surface area contributed by atoms with E-state index in [4.69, 9.17) is 16.0 Å². The quantitative estimate of drug-likeness (QED) is 0.732. The highest BCUT2D eigenvalue weighted by atomic mass is 35.5. The fourth-order valence-electron chi connectivity index (χ4n) is 2.06. The normalized spacial score (nSPS) is 12.9. The Hall–Kier alpha value is -1.29. The maximum absolute atomic E-state index is 6.41. The van der Waals surface area contributed by atoms with Gasteiger partial charge in [0.15, 0.2) is 0 Å². The van der Waals surface area contributed by atoms with Gasteiger partial charge >= 0.3 is 0 Å². The van der Waals surface area contributed by atoms with Gasteiger partial charge in [0.2, 0.25) is 0 Å². The molecule has 2 aromatic heterocycles. The number of nitrogens with one attached hydrogen (secondary N) is 1. The molecule has 0 aliphatic heterocycles. The molecule has 0 radical (unpaired) electrons. The Bertz CT molecular complexity index is 675. The molecular weight excluding hydrogens is 278 g/mol. The van der Waals surface area contributed by atoms with Crippen LogP contribution in [0.3, 0.4) is 0 Å². The first kappa shape index (κ1) is 12.7. The van der Waals surface area contributed by atoms with Gasteiger partial charge in [-0.3, -0.25) is 0 Å². The summed E-state index contributed by atoms with van der Waals surface area (Å²) in [5.74, 6) is 0.942. The van der Waals surface area contributed by atoms with Crippen LogP contribution < -0.4 is 5.32 Å². The molecule has 0 aliphatic rings. The summed E-state index contributed by atoms with van der Waals surface area (Å²) in [5, 5.41) is 5.43. The Labute approximate surface area is 121 Å². The van der Waals surface area contributed by atoms with Crippen LogP contribution >= 0.6 is 22.9 Å². The highest BCUT2D eigenvalue weighted by Gasteiger charge is 2.12. The molecule has 2 heterocycles. The lowest BCUT2D eigenvalue weighted by molar-refractivity contribution is 0.431. The Morgan fingerprint density at radius 2 is 2.11 bits per heavy atom. The van der Waals surface area contributed by atoms with Gasteiger partial charge in [0.1, 0.15) is 5.76 Å². The number of benzene rings is 1. The number of thiophene rings is 1. The van der Waals surface area contributed by atoms with Crippen molar-refractivity contribution in [3.63, 3.8) is 0 Å². The molecular formula is C15H14ClNOS. The van der Waals surface area contributed by atoms with E-state index >= 15 is 0 Å². The van der Waals surface area contributed by atoms with Crippen molar-refractivity contribution in [1.29, 1.82) is 0 Å². The first-order valence-corrected chi connectivity index (χ1v) is 7.38. The van der Waals surface area contributed by atoms with Gasteiger partial charge in [-0.2, -0.15) is 0 Å². The summed E-state index contributed by atoms with van der Waals surface area (Å²) in [4.78, 5) is 1.17. The van der Waals surface area contributed by atoms with Crippen LogP contribution in [-0.4, -0.2) is 0 Å². The van der Waals surface area contributed by atoms with Gasteiger partial charge in [0.25, 0.3) is 0 Å². The van der Waals surface area contributed by atoms with E-state index in [1.807, 2.05) is 24.3 Å². The van der Waals surface area contributed by atoms with Crippen LogP contribution in [0.1, 0.15) is 23.6 Å². The number of fused-ring (bicyclic) bond motifs is 1. The first-order chi connectivity index (χ1) is 9.25. The fraction of sp³-hybridized carbons (Fsp3) is 0.200. The number of halogens is 1. The van der Waals surface area contributed by atoms with Crippen molar-refractivity contribution in [3.05, 3.63) is 58.3 Å². The van der Waals surface area contributed by atoms with Crippen LogP contribution in [0.15, 0.2) is 47.1 Å². The molecule has 2 nitrogen and oxygen atoms in total. The van der Waals surface area contributed by atoms with E-state index in [0.29, 0.717) is 0 Å². The molecule has 0 fully saturated rings. The first-order valence-electron chi connectivity index (χ1n) is 6.18. The summed E-state index contributed by atoms with van der Waals surface area (Å²) < 4.78 is 6.61. The Morgan fingerprint density at radius 3 is 2.84 bits per heavy atom. The molecule has 0 unspecified atom stereocenters. The Morgan fingerprint density at radius 1 is 1.26 bits per heavy atom. The smallest absolute Gasteiger partial charge is 0.120 e. The molecule has 0 spiro atoms. The number of hydrogen-bond donors (Lipinski definition) is 1. The largest absolute Gasteiger partial charge is 0.468 e. The SMILES string of the molecule is C[C@@H](NCc1sc2ccccc2c1Cl)c1ccco1. The third-order valence-electron chi connectivity index (χ3n) is 3.14. The van der Waals surface area contributed by atoms with Gasteiger partial charge in [-0.1, -0.05) is 29.8 Å². The second kappa shape index (κ2) is 5.37. The zero-order chi connectivity index (χ0) is 13.2. The maximum atomic E-state index is 6.41. The van der Waals surface area contributed by atoms with E-state index in [0.717, 1.165) is 22.7 Å². The van der Waals surface area contributed by atoms with Crippen molar-refractivity contribution in [2.75, 3.05) is 0 Å². The summed E-state index contributed by atoms with van der Waals surface area (Å²) in [6.45, 7) is 2.83. The molecule has 0 aliphatic carbocycles. The van der Waals surface area contributed by atoms with Crippen LogP contribution in [0.2, 0.25) is 5.02 Å². The van der Waals surface area contributed by atoms with Crippen molar-refractivity contribution >= 4 is 33.0 Å². The van der Waals surface area contributed by atoms with Crippen LogP contribution in [0.5, 0.6) is 0 Å². The molecule has 98 valence electrons. The minimum atomic E-state index is 0.177. The van der Waals surface area contributed by atoms with Crippen LogP contribution in [0, 0.1) is 0 Å². The molecule has 0 bridgehead atoms. The third-order valence-corrected chi connectivity index (χ3v) is 4.85. The summed E-state index contributed by atoms with van der Waals surface area (Å²) in [5.41, 5.74) is 0. The van der Waals surface area contributed by atoms with Crippen molar-refractivity contribution in [3.8, 4) is 0 Å². The zero-order valence-corrected chi connectivity index (χ0v) is 12.1. The summed E-state index contributed by atoms with van der Waals surface area (Å²) in [7, 11) is 0. The molecule has 0 saturated heterocycles. The van der Waals surface area contributed by atoms with E-state index in [2.05, 4.69) is 24.4 Å². The lowest BCUT2D eigenvalue weighted by Crippen LogP contribution is -2.16. The van der Waals surface area contributed by atoms with Crippen LogP contribution in [-0.2, 0) is 6.54 Å². The molecule has 19 heavy (non-hydrogen) atoms. The average Bonchev–Trinajstić information content (AvgIpc) is 3.05. The van der Waals surface area contributed by atoms with Crippen molar-refractivity contribution in [2.45, 2.75) is 19.5 Å². The molecule has 4 heteroatoms. The van der Waals surface area contributed by atoms with Gasteiger partial charge in [0.05, 0.1) is 17.3 Å². The molecule has 3 aromatic rings. The maximum Gasteiger partial charge on any atom is 0.120 e.